The number of allylic oxidation sites excluding steroid dienone is 1. The molecule has 3 unspecified atom stereocenters. The normalized spacial score (nSPS) is 14.4. The van der Waals surface area contributed by atoms with E-state index in [-0.39, 0.29) is 29.9 Å². The molecule has 1 saturated heterocycles. The van der Waals surface area contributed by atoms with Crippen molar-refractivity contribution in [3.8, 4) is 0 Å². The molecule has 0 aromatic rings. The highest BCUT2D eigenvalue weighted by molar-refractivity contribution is 5.70. The number of ether oxygens (including phenoxy) is 3. The maximum absolute atomic E-state index is 12.8. The lowest BCUT2D eigenvalue weighted by atomic mass is 9.98. The largest absolute Gasteiger partial charge is 0.466 e. The lowest BCUT2D eigenvalue weighted by Gasteiger charge is -2.19. The van der Waals surface area contributed by atoms with Crippen LogP contribution in [0.1, 0.15) is 201 Å². The Hall–Kier alpha value is -2.55. The van der Waals surface area contributed by atoms with Crippen molar-refractivity contribution in [2.75, 3.05) is 32.8 Å². The van der Waals surface area contributed by atoms with Crippen molar-refractivity contribution in [1.29, 1.82) is 0 Å². The van der Waals surface area contributed by atoms with Gasteiger partial charge in [-0.15, -0.1) is 0 Å². The van der Waals surface area contributed by atoms with Crippen LogP contribution in [0.25, 0.3) is 0 Å². The van der Waals surface area contributed by atoms with E-state index in [0.29, 0.717) is 38.4 Å². The minimum Gasteiger partial charge on any atom is -0.466 e. The smallest absolute Gasteiger partial charge is 0.306 e. The Bertz CT molecular complexity index is 1060. The first-order valence-electron chi connectivity index (χ1n) is 22.5. The summed E-state index contributed by atoms with van der Waals surface area (Å²) in [7, 11) is 0. The van der Waals surface area contributed by atoms with E-state index in [1.165, 1.54) is 32.1 Å². The van der Waals surface area contributed by atoms with Gasteiger partial charge in [0.05, 0.1) is 19.6 Å². The van der Waals surface area contributed by atoms with Crippen LogP contribution in [-0.2, 0) is 28.6 Å². The van der Waals surface area contributed by atoms with Crippen LogP contribution < -0.4 is 0 Å². The van der Waals surface area contributed by atoms with Gasteiger partial charge in [0.25, 0.3) is 0 Å². The lowest BCUT2D eigenvalue weighted by molar-refractivity contribution is -0.150. The van der Waals surface area contributed by atoms with E-state index < -0.39 is 0 Å². The SMILES string of the molecule is C=C=C=C=CC(CCCCC)CC(=O)OCCCCCCCCC(CCCCCCCCOC(=O)CC(C)CCCCC)OC(=O)CCCN1CCCC1. The molecule has 0 radical (unpaired) electrons. The molecule has 1 rings (SSSR count). The number of carbonyl (C=O) groups excluding carboxylic acids is 3. The highest BCUT2D eigenvalue weighted by Gasteiger charge is 2.17. The lowest BCUT2D eigenvalue weighted by Crippen LogP contribution is -2.23. The van der Waals surface area contributed by atoms with Crippen molar-refractivity contribution in [2.24, 2.45) is 11.8 Å². The monoisotopic (exact) mass is 756 g/mol. The fourth-order valence-electron chi connectivity index (χ4n) is 7.27. The Balaban J connectivity index is 2.27. The summed E-state index contributed by atoms with van der Waals surface area (Å²) in [4.78, 5) is 39.8. The van der Waals surface area contributed by atoms with Crippen molar-refractivity contribution in [1.82, 2.24) is 4.90 Å². The van der Waals surface area contributed by atoms with Crippen LogP contribution in [0.3, 0.4) is 0 Å². The minimum atomic E-state index is -0.134. The Morgan fingerprint density at radius 1 is 0.648 bits per heavy atom. The Morgan fingerprint density at radius 3 is 1.74 bits per heavy atom. The zero-order valence-electron chi connectivity index (χ0n) is 35.2. The van der Waals surface area contributed by atoms with E-state index in [4.69, 9.17) is 14.2 Å². The van der Waals surface area contributed by atoms with Gasteiger partial charge in [-0.25, -0.2) is 0 Å². The van der Waals surface area contributed by atoms with Gasteiger partial charge in [0.1, 0.15) is 6.10 Å². The molecule has 0 spiro atoms. The van der Waals surface area contributed by atoms with Gasteiger partial charge in [-0.2, -0.15) is 0 Å². The molecule has 1 aliphatic heterocycles. The number of unbranched alkanes of at least 4 members (excludes halogenated alkanes) is 14. The zero-order chi connectivity index (χ0) is 39.3. The van der Waals surface area contributed by atoms with Crippen molar-refractivity contribution >= 4 is 17.9 Å². The molecule has 0 aromatic heterocycles. The zero-order valence-corrected chi connectivity index (χ0v) is 35.2. The van der Waals surface area contributed by atoms with Gasteiger partial charge < -0.3 is 19.1 Å². The number of hydrogen-bond donors (Lipinski definition) is 0. The summed E-state index contributed by atoms with van der Waals surface area (Å²) in [5, 5.41) is 0. The molecule has 310 valence electrons. The van der Waals surface area contributed by atoms with Gasteiger partial charge in [0.15, 0.2) is 0 Å². The average molecular weight is 756 g/mol. The highest BCUT2D eigenvalue weighted by Crippen LogP contribution is 2.20. The van der Waals surface area contributed by atoms with E-state index in [9.17, 15) is 14.4 Å². The van der Waals surface area contributed by atoms with E-state index in [1.807, 2.05) is 6.08 Å². The van der Waals surface area contributed by atoms with Crippen LogP contribution in [0.5, 0.6) is 0 Å². The molecule has 7 nitrogen and oxygen atoms in total. The van der Waals surface area contributed by atoms with Crippen molar-refractivity contribution in [3.05, 3.63) is 29.8 Å². The second-order valence-electron chi connectivity index (χ2n) is 15.9. The van der Waals surface area contributed by atoms with Crippen LogP contribution in [0.15, 0.2) is 29.8 Å². The fourth-order valence-corrected chi connectivity index (χ4v) is 7.27. The molecular formula is C47H81NO6. The Labute approximate surface area is 331 Å². The molecule has 0 aliphatic carbocycles. The Morgan fingerprint density at radius 2 is 1.17 bits per heavy atom. The predicted octanol–water partition coefficient (Wildman–Crippen LogP) is 12.2. The summed E-state index contributed by atoms with van der Waals surface area (Å²) in [6, 6.07) is 0. The number of carbonyl (C=O) groups is 3. The summed E-state index contributed by atoms with van der Waals surface area (Å²) in [5.41, 5.74) is 8.25. The number of rotatable bonds is 36. The molecule has 0 bridgehead atoms. The fraction of sp³-hybridized carbons (Fsp3) is 0.830. The second-order valence-corrected chi connectivity index (χ2v) is 15.9. The maximum Gasteiger partial charge on any atom is 0.306 e. The first-order chi connectivity index (χ1) is 26.4. The van der Waals surface area contributed by atoms with E-state index >= 15 is 0 Å². The third-order valence-electron chi connectivity index (χ3n) is 10.6. The molecule has 7 heteroatoms. The third kappa shape index (κ3) is 30.7. The second kappa shape index (κ2) is 36.1. The van der Waals surface area contributed by atoms with Gasteiger partial charge in [-0.3, -0.25) is 14.4 Å². The number of esters is 3. The first kappa shape index (κ1) is 49.5. The number of nitrogens with zero attached hydrogens (tertiary/aromatic N) is 1. The minimum absolute atomic E-state index is 0.0106. The van der Waals surface area contributed by atoms with Crippen LogP contribution in [0.4, 0.5) is 0 Å². The summed E-state index contributed by atoms with van der Waals surface area (Å²) >= 11 is 0. The van der Waals surface area contributed by atoms with Crippen LogP contribution >= 0.6 is 0 Å². The summed E-state index contributed by atoms with van der Waals surface area (Å²) in [6.45, 7) is 14.4. The Kier molecular flexibility index (Phi) is 33.1. The molecule has 3 atom stereocenters. The quantitative estimate of drug-likeness (QED) is 0.0272. The molecule has 0 N–H and O–H groups in total. The van der Waals surface area contributed by atoms with Gasteiger partial charge in [-0.1, -0.05) is 129 Å². The van der Waals surface area contributed by atoms with Crippen molar-refractivity contribution in [3.63, 3.8) is 0 Å². The average Bonchev–Trinajstić information content (AvgIpc) is 3.67. The standard InChI is InChI=1S/C47H81NO6/c1-5-8-19-29-42(4)40-46(50)52-38-26-17-13-11-15-22-32-44(54-45(49)34-28-37-48-35-24-25-36-48)33-23-16-12-14-18-27-39-53-47(51)41-43(30-20-9-6-2)31-21-10-7-3/h30,42-44H,2,5,7-8,10-19,21-29,31-41H2,1,3-4H3. The molecule has 0 aromatic carbocycles. The molecular weight excluding hydrogens is 675 g/mol. The van der Waals surface area contributed by atoms with Gasteiger partial charge in [0, 0.05) is 12.8 Å². The van der Waals surface area contributed by atoms with Gasteiger partial charge >= 0.3 is 17.9 Å². The highest BCUT2D eigenvalue weighted by atomic mass is 16.5. The van der Waals surface area contributed by atoms with Crippen LogP contribution in [0.2, 0.25) is 0 Å². The van der Waals surface area contributed by atoms with Gasteiger partial charge in [-0.05, 0) is 114 Å². The van der Waals surface area contributed by atoms with Crippen molar-refractivity contribution in [2.45, 2.75) is 207 Å². The topological polar surface area (TPSA) is 82.1 Å². The van der Waals surface area contributed by atoms with E-state index in [0.717, 1.165) is 148 Å². The van der Waals surface area contributed by atoms with Crippen LogP contribution in [0, 0.1) is 11.8 Å². The van der Waals surface area contributed by atoms with Crippen molar-refractivity contribution < 1.29 is 28.6 Å². The number of likely N-dealkylation sites (tertiary alicyclic amines) is 1. The summed E-state index contributed by atoms with van der Waals surface area (Å²) < 4.78 is 17.1. The molecule has 0 saturated carbocycles. The molecule has 0 amide bonds. The third-order valence-corrected chi connectivity index (χ3v) is 10.6. The van der Waals surface area contributed by atoms with E-state index in [1.54, 1.807) is 0 Å². The predicted molar refractivity (Wildman–Crippen MR) is 222 cm³/mol. The first-order valence-corrected chi connectivity index (χ1v) is 22.5. The van der Waals surface area contributed by atoms with Crippen LogP contribution in [-0.4, -0.2) is 61.8 Å². The molecule has 1 heterocycles. The van der Waals surface area contributed by atoms with Gasteiger partial charge in [0.2, 0.25) is 0 Å². The molecule has 1 aliphatic rings. The molecule has 54 heavy (non-hydrogen) atoms. The van der Waals surface area contributed by atoms with E-state index in [2.05, 4.69) is 49.4 Å². The summed E-state index contributed by atoms with van der Waals surface area (Å²) in [5.74, 6) is 0.317. The maximum atomic E-state index is 12.8. The summed E-state index contributed by atoms with van der Waals surface area (Å²) in [6.07, 6.45) is 30.7. The molecule has 1 fully saturated rings. The number of hydrogen-bond acceptors (Lipinski definition) is 7.